The fourth-order valence-electron chi connectivity index (χ4n) is 2.70. The van der Waals surface area contributed by atoms with E-state index >= 15 is 0 Å². The van der Waals surface area contributed by atoms with Crippen LogP contribution in [0.15, 0.2) is 29.3 Å². The lowest BCUT2D eigenvalue weighted by molar-refractivity contribution is 0.242. The van der Waals surface area contributed by atoms with Gasteiger partial charge < -0.3 is 15.4 Å². The third-order valence-electron chi connectivity index (χ3n) is 4.15. The molecule has 0 aliphatic rings. The molecule has 0 amide bonds. The molecular weight excluding hydrogens is 326 g/mol. The highest BCUT2D eigenvalue weighted by Crippen LogP contribution is 2.14. The molecule has 1 aromatic carbocycles. The first kappa shape index (κ1) is 19.8. The van der Waals surface area contributed by atoms with E-state index in [0.29, 0.717) is 13.1 Å². The fourth-order valence-corrected chi connectivity index (χ4v) is 2.70. The molecular formula is C20H31N5O. The SMILES string of the molecule is CCNC(=NCc1ccc(OC(C)C)cc1)NCc1c(C)nn(C)c1C. The monoisotopic (exact) mass is 357 g/mol. The predicted octanol–water partition coefficient (Wildman–Crippen LogP) is 3.08. The molecule has 6 nitrogen and oxygen atoms in total. The van der Waals surface area contributed by atoms with Crippen molar-refractivity contribution in [2.75, 3.05) is 6.54 Å². The molecule has 2 aromatic rings. The topological polar surface area (TPSA) is 63.5 Å². The molecule has 0 unspecified atom stereocenters. The van der Waals surface area contributed by atoms with E-state index in [9.17, 15) is 0 Å². The van der Waals surface area contributed by atoms with Crippen LogP contribution in [0.3, 0.4) is 0 Å². The highest BCUT2D eigenvalue weighted by molar-refractivity contribution is 5.79. The molecule has 142 valence electrons. The molecule has 0 fully saturated rings. The minimum Gasteiger partial charge on any atom is -0.491 e. The summed E-state index contributed by atoms with van der Waals surface area (Å²) in [5.41, 5.74) is 4.58. The van der Waals surface area contributed by atoms with Gasteiger partial charge in [-0.3, -0.25) is 4.68 Å². The predicted molar refractivity (Wildman–Crippen MR) is 107 cm³/mol. The van der Waals surface area contributed by atoms with Crippen LogP contribution < -0.4 is 15.4 Å². The van der Waals surface area contributed by atoms with Gasteiger partial charge in [0, 0.05) is 31.4 Å². The molecule has 0 aliphatic heterocycles. The Morgan fingerprint density at radius 1 is 1.19 bits per heavy atom. The molecule has 26 heavy (non-hydrogen) atoms. The van der Waals surface area contributed by atoms with Crippen molar-refractivity contribution in [2.24, 2.45) is 12.0 Å². The van der Waals surface area contributed by atoms with Crippen molar-refractivity contribution in [3.63, 3.8) is 0 Å². The average Bonchev–Trinajstić information content (AvgIpc) is 2.83. The Bertz CT molecular complexity index is 731. The molecule has 0 aliphatic carbocycles. The maximum Gasteiger partial charge on any atom is 0.191 e. The quantitative estimate of drug-likeness (QED) is 0.590. The van der Waals surface area contributed by atoms with Gasteiger partial charge in [-0.15, -0.1) is 0 Å². The number of aryl methyl sites for hydroxylation is 2. The van der Waals surface area contributed by atoms with Gasteiger partial charge in [0.15, 0.2) is 5.96 Å². The molecule has 6 heteroatoms. The molecule has 2 N–H and O–H groups in total. The summed E-state index contributed by atoms with van der Waals surface area (Å²) in [7, 11) is 1.97. The van der Waals surface area contributed by atoms with Crippen LogP contribution in [-0.4, -0.2) is 28.4 Å². The molecule has 0 saturated heterocycles. The highest BCUT2D eigenvalue weighted by atomic mass is 16.5. The van der Waals surface area contributed by atoms with E-state index in [2.05, 4.69) is 46.7 Å². The first-order valence-electron chi connectivity index (χ1n) is 9.17. The average molecular weight is 358 g/mol. The van der Waals surface area contributed by atoms with Gasteiger partial charge in [-0.05, 0) is 52.3 Å². The number of nitrogens with one attached hydrogen (secondary N) is 2. The van der Waals surface area contributed by atoms with Crippen LogP contribution in [0.5, 0.6) is 5.75 Å². The van der Waals surface area contributed by atoms with Gasteiger partial charge in [-0.2, -0.15) is 5.10 Å². The van der Waals surface area contributed by atoms with Gasteiger partial charge in [0.05, 0.1) is 18.3 Å². The van der Waals surface area contributed by atoms with Crippen molar-refractivity contribution in [2.45, 2.75) is 53.8 Å². The maximum atomic E-state index is 5.68. The van der Waals surface area contributed by atoms with Crippen molar-refractivity contribution >= 4 is 5.96 Å². The van der Waals surface area contributed by atoms with E-state index in [1.807, 2.05) is 44.6 Å². The first-order chi connectivity index (χ1) is 12.4. The van der Waals surface area contributed by atoms with E-state index < -0.39 is 0 Å². The van der Waals surface area contributed by atoms with Crippen molar-refractivity contribution in [1.82, 2.24) is 20.4 Å². The number of hydrogen-bond acceptors (Lipinski definition) is 3. The van der Waals surface area contributed by atoms with Gasteiger partial charge in [-0.1, -0.05) is 12.1 Å². The van der Waals surface area contributed by atoms with Crippen LogP contribution in [0.4, 0.5) is 0 Å². The largest absolute Gasteiger partial charge is 0.491 e. The molecule has 2 rings (SSSR count). The molecule has 0 radical (unpaired) electrons. The summed E-state index contributed by atoms with van der Waals surface area (Å²) in [6.07, 6.45) is 0.183. The van der Waals surface area contributed by atoms with Crippen molar-refractivity contribution in [3.8, 4) is 5.75 Å². The van der Waals surface area contributed by atoms with Gasteiger partial charge in [0.1, 0.15) is 5.75 Å². The lowest BCUT2D eigenvalue weighted by Gasteiger charge is -2.12. The normalized spacial score (nSPS) is 11.7. The molecule has 0 saturated carbocycles. The standard InChI is InChI=1S/C20H31N5O/c1-7-21-20(23-13-19-15(4)24-25(6)16(19)5)22-12-17-8-10-18(11-9-17)26-14(2)3/h8-11,14H,7,12-13H2,1-6H3,(H2,21,22,23). The number of aromatic nitrogens is 2. The summed E-state index contributed by atoms with van der Waals surface area (Å²) in [5.74, 6) is 1.69. The highest BCUT2D eigenvalue weighted by Gasteiger charge is 2.09. The molecule has 0 bridgehead atoms. The summed E-state index contributed by atoms with van der Waals surface area (Å²) in [4.78, 5) is 4.68. The van der Waals surface area contributed by atoms with Crippen LogP contribution in [0.1, 0.15) is 43.3 Å². The fraction of sp³-hybridized carbons (Fsp3) is 0.500. The molecule has 0 spiro atoms. The zero-order chi connectivity index (χ0) is 19.1. The zero-order valence-corrected chi connectivity index (χ0v) is 16.8. The van der Waals surface area contributed by atoms with Crippen molar-refractivity contribution in [1.29, 1.82) is 0 Å². The number of benzene rings is 1. The van der Waals surface area contributed by atoms with Crippen molar-refractivity contribution < 1.29 is 4.74 Å². The summed E-state index contributed by atoms with van der Waals surface area (Å²) in [6, 6.07) is 8.10. The Hall–Kier alpha value is -2.50. The van der Waals surface area contributed by atoms with Crippen LogP contribution in [0.25, 0.3) is 0 Å². The van der Waals surface area contributed by atoms with Gasteiger partial charge in [0.2, 0.25) is 0 Å². The second-order valence-electron chi connectivity index (χ2n) is 6.63. The summed E-state index contributed by atoms with van der Waals surface area (Å²) >= 11 is 0. The number of rotatable bonds is 7. The molecule has 1 aromatic heterocycles. The third kappa shape index (κ3) is 5.51. The van der Waals surface area contributed by atoms with Gasteiger partial charge in [0.25, 0.3) is 0 Å². The van der Waals surface area contributed by atoms with Crippen LogP contribution >= 0.6 is 0 Å². The maximum absolute atomic E-state index is 5.68. The molecule has 1 heterocycles. The van der Waals surface area contributed by atoms with E-state index in [-0.39, 0.29) is 6.10 Å². The number of ether oxygens (including phenoxy) is 1. The zero-order valence-electron chi connectivity index (χ0n) is 16.8. The van der Waals surface area contributed by atoms with Crippen molar-refractivity contribution in [3.05, 3.63) is 46.8 Å². The van der Waals surface area contributed by atoms with E-state index in [1.165, 1.54) is 11.3 Å². The lowest BCUT2D eigenvalue weighted by atomic mass is 10.2. The summed E-state index contributed by atoms with van der Waals surface area (Å²) < 4.78 is 7.59. The van der Waals surface area contributed by atoms with Gasteiger partial charge >= 0.3 is 0 Å². The minimum absolute atomic E-state index is 0.183. The van der Waals surface area contributed by atoms with Crippen LogP contribution in [0, 0.1) is 13.8 Å². The minimum atomic E-state index is 0.183. The van der Waals surface area contributed by atoms with E-state index in [4.69, 9.17) is 4.74 Å². The number of guanidine groups is 1. The lowest BCUT2D eigenvalue weighted by Crippen LogP contribution is -2.37. The number of hydrogen-bond donors (Lipinski definition) is 2. The number of nitrogens with zero attached hydrogens (tertiary/aromatic N) is 3. The van der Waals surface area contributed by atoms with E-state index in [0.717, 1.165) is 29.5 Å². The second-order valence-corrected chi connectivity index (χ2v) is 6.63. The second kappa shape index (κ2) is 9.27. The number of aliphatic imine (C=N–C) groups is 1. The molecule has 0 atom stereocenters. The van der Waals surface area contributed by atoms with Crippen LogP contribution in [0.2, 0.25) is 0 Å². The Kier molecular flexibility index (Phi) is 7.06. The van der Waals surface area contributed by atoms with Gasteiger partial charge in [-0.25, -0.2) is 4.99 Å². The summed E-state index contributed by atoms with van der Waals surface area (Å²) in [6.45, 7) is 12.4. The van der Waals surface area contributed by atoms with Crippen LogP contribution in [-0.2, 0) is 20.1 Å². The first-order valence-corrected chi connectivity index (χ1v) is 9.17. The Labute approximate surface area is 156 Å². The van der Waals surface area contributed by atoms with E-state index in [1.54, 1.807) is 0 Å². The Morgan fingerprint density at radius 2 is 1.88 bits per heavy atom. The summed E-state index contributed by atoms with van der Waals surface area (Å²) in [5, 5.41) is 11.2. The smallest absolute Gasteiger partial charge is 0.191 e. The Balaban J connectivity index is 1.99. The Morgan fingerprint density at radius 3 is 2.42 bits per heavy atom. The third-order valence-corrected chi connectivity index (χ3v) is 4.15.